The zero-order chi connectivity index (χ0) is 19.3. The Morgan fingerprint density at radius 3 is 2.16 bits per heavy atom. The fourth-order valence-corrected chi connectivity index (χ4v) is 2.56. The molecule has 0 aromatic carbocycles. The summed E-state index contributed by atoms with van der Waals surface area (Å²) in [6.45, 7) is 7.12. The predicted octanol–water partition coefficient (Wildman–Crippen LogP) is -1.54. The average Bonchev–Trinajstić information content (AvgIpc) is 3.02. The van der Waals surface area contributed by atoms with Gasteiger partial charge >= 0.3 is 0 Å². The molecule has 0 aromatic rings. The van der Waals surface area contributed by atoms with E-state index in [1.54, 1.807) is 0 Å². The summed E-state index contributed by atoms with van der Waals surface area (Å²) in [6.07, 6.45) is 1.22. The Morgan fingerprint density at radius 1 is 1.04 bits per heavy atom. The number of likely N-dealkylation sites (tertiary alicyclic amines) is 1. The minimum atomic E-state index is -0.856. The number of hydrogen-bond donors (Lipinski definition) is 4. The lowest BCUT2D eigenvalue weighted by Gasteiger charge is -2.29. The number of rotatable bonds is 7. The lowest BCUT2D eigenvalue weighted by molar-refractivity contribution is -0.141. The van der Waals surface area contributed by atoms with Crippen LogP contribution in [0.5, 0.6) is 0 Å². The zero-order valence-corrected chi connectivity index (χ0v) is 15.2. The Bertz CT molecular complexity index is 537. The third kappa shape index (κ3) is 5.42. The first-order chi connectivity index (χ1) is 11.6. The first-order valence-corrected chi connectivity index (χ1v) is 8.52. The standard InChI is InChI=1S/C16H29N5O4/c1-8(2)12(17)16(25)21-7-5-6-11(21)15(24)20-10(4)14(23)19-9(3)13(18)22/h8-12H,5-7,17H2,1-4H3,(H2,18,22)(H,19,23)(H,20,24)/t9-,10-,11-,12-/m0/s1. The largest absolute Gasteiger partial charge is 0.368 e. The summed E-state index contributed by atoms with van der Waals surface area (Å²) in [6, 6.07) is -2.99. The first kappa shape index (κ1) is 20.9. The Balaban J connectivity index is 2.67. The van der Waals surface area contributed by atoms with Crippen LogP contribution in [0.25, 0.3) is 0 Å². The fourth-order valence-electron chi connectivity index (χ4n) is 2.56. The predicted molar refractivity (Wildman–Crippen MR) is 92.0 cm³/mol. The molecule has 4 atom stereocenters. The molecular weight excluding hydrogens is 326 g/mol. The second-order valence-electron chi connectivity index (χ2n) is 6.82. The molecule has 1 rings (SSSR count). The Kier molecular flexibility index (Phi) is 7.35. The van der Waals surface area contributed by atoms with Gasteiger partial charge in [0.2, 0.25) is 23.6 Å². The van der Waals surface area contributed by atoms with Crippen LogP contribution < -0.4 is 22.1 Å². The van der Waals surface area contributed by atoms with Crippen LogP contribution in [-0.2, 0) is 19.2 Å². The highest BCUT2D eigenvalue weighted by atomic mass is 16.2. The highest BCUT2D eigenvalue weighted by Crippen LogP contribution is 2.19. The molecule has 9 nitrogen and oxygen atoms in total. The van der Waals surface area contributed by atoms with Gasteiger partial charge in [0.25, 0.3) is 0 Å². The number of hydrogen-bond acceptors (Lipinski definition) is 5. The summed E-state index contributed by atoms with van der Waals surface area (Å²) < 4.78 is 0. The van der Waals surface area contributed by atoms with Gasteiger partial charge in [-0.05, 0) is 32.6 Å². The Morgan fingerprint density at radius 2 is 1.64 bits per heavy atom. The van der Waals surface area contributed by atoms with Crippen molar-refractivity contribution in [1.29, 1.82) is 0 Å². The van der Waals surface area contributed by atoms with Gasteiger partial charge in [0.05, 0.1) is 6.04 Å². The zero-order valence-electron chi connectivity index (χ0n) is 15.2. The number of carbonyl (C=O) groups excluding carboxylic acids is 4. The van der Waals surface area contributed by atoms with Crippen molar-refractivity contribution < 1.29 is 19.2 Å². The van der Waals surface area contributed by atoms with Crippen LogP contribution in [0.4, 0.5) is 0 Å². The molecule has 1 aliphatic rings. The monoisotopic (exact) mass is 355 g/mol. The van der Waals surface area contributed by atoms with E-state index in [-0.39, 0.29) is 11.8 Å². The molecule has 25 heavy (non-hydrogen) atoms. The third-order valence-electron chi connectivity index (χ3n) is 4.38. The lowest BCUT2D eigenvalue weighted by atomic mass is 10.0. The number of nitrogens with zero attached hydrogens (tertiary/aromatic N) is 1. The number of primary amides is 1. The van der Waals surface area contributed by atoms with Crippen molar-refractivity contribution in [3.63, 3.8) is 0 Å². The van der Waals surface area contributed by atoms with Crippen molar-refractivity contribution in [1.82, 2.24) is 15.5 Å². The van der Waals surface area contributed by atoms with E-state index in [4.69, 9.17) is 11.5 Å². The van der Waals surface area contributed by atoms with Crippen molar-refractivity contribution in [3.05, 3.63) is 0 Å². The van der Waals surface area contributed by atoms with Crippen LogP contribution in [0.15, 0.2) is 0 Å². The topological polar surface area (TPSA) is 148 Å². The molecule has 6 N–H and O–H groups in total. The van der Waals surface area contributed by atoms with E-state index in [0.29, 0.717) is 19.4 Å². The van der Waals surface area contributed by atoms with Gasteiger partial charge in [-0.3, -0.25) is 19.2 Å². The van der Waals surface area contributed by atoms with Gasteiger partial charge in [-0.25, -0.2) is 0 Å². The number of nitrogens with two attached hydrogens (primary N) is 2. The number of nitrogens with one attached hydrogen (secondary N) is 2. The lowest BCUT2D eigenvalue weighted by Crippen LogP contribution is -2.56. The van der Waals surface area contributed by atoms with E-state index in [1.807, 2.05) is 13.8 Å². The molecule has 0 saturated carbocycles. The molecule has 1 aliphatic heterocycles. The molecule has 0 aliphatic carbocycles. The molecule has 4 amide bonds. The van der Waals surface area contributed by atoms with E-state index in [1.165, 1.54) is 18.7 Å². The Labute approximate surface area is 147 Å². The summed E-state index contributed by atoms with van der Waals surface area (Å²) in [4.78, 5) is 49.4. The highest BCUT2D eigenvalue weighted by Gasteiger charge is 2.37. The number of amides is 4. The maximum absolute atomic E-state index is 12.5. The minimum Gasteiger partial charge on any atom is -0.368 e. The van der Waals surface area contributed by atoms with Gasteiger partial charge in [-0.2, -0.15) is 0 Å². The van der Waals surface area contributed by atoms with Crippen molar-refractivity contribution in [2.24, 2.45) is 17.4 Å². The van der Waals surface area contributed by atoms with Crippen molar-refractivity contribution >= 4 is 23.6 Å². The summed E-state index contributed by atoms with van der Waals surface area (Å²) >= 11 is 0. The second-order valence-corrected chi connectivity index (χ2v) is 6.82. The van der Waals surface area contributed by atoms with Crippen molar-refractivity contribution in [2.45, 2.75) is 64.7 Å². The summed E-state index contributed by atoms with van der Waals surface area (Å²) in [5.41, 5.74) is 11.0. The van der Waals surface area contributed by atoms with E-state index in [2.05, 4.69) is 10.6 Å². The molecule has 1 saturated heterocycles. The van der Waals surface area contributed by atoms with Crippen LogP contribution in [0, 0.1) is 5.92 Å². The van der Waals surface area contributed by atoms with Gasteiger partial charge in [-0.1, -0.05) is 13.8 Å². The van der Waals surface area contributed by atoms with Crippen LogP contribution in [0.1, 0.15) is 40.5 Å². The fraction of sp³-hybridized carbons (Fsp3) is 0.750. The molecule has 0 unspecified atom stereocenters. The maximum atomic E-state index is 12.5. The van der Waals surface area contributed by atoms with Gasteiger partial charge in [0, 0.05) is 6.54 Å². The summed E-state index contributed by atoms with van der Waals surface area (Å²) in [5.74, 6) is -1.88. The molecule has 9 heteroatoms. The number of carbonyl (C=O) groups is 4. The normalized spacial score (nSPS) is 20.7. The molecule has 142 valence electrons. The molecular formula is C16H29N5O4. The van der Waals surface area contributed by atoms with E-state index in [0.717, 1.165) is 0 Å². The molecule has 1 heterocycles. The van der Waals surface area contributed by atoms with E-state index < -0.39 is 41.9 Å². The van der Waals surface area contributed by atoms with Gasteiger partial charge in [0.15, 0.2) is 0 Å². The van der Waals surface area contributed by atoms with Crippen LogP contribution >= 0.6 is 0 Å². The third-order valence-corrected chi connectivity index (χ3v) is 4.38. The van der Waals surface area contributed by atoms with Gasteiger partial charge in [0.1, 0.15) is 18.1 Å². The summed E-state index contributed by atoms with van der Waals surface area (Å²) in [5, 5.41) is 4.99. The van der Waals surface area contributed by atoms with Crippen molar-refractivity contribution in [3.8, 4) is 0 Å². The molecule has 0 bridgehead atoms. The SMILES string of the molecule is CC(C)[C@H](N)C(=O)N1CCC[C@H]1C(=O)N[C@@H](C)C(=O)N[C@@H](C)C(N)=O. The Hall–Kier alpha value is -2.16. The molecule has 0 radical (unpaired) electrons. The van der Waals surface area contributed by atoms with Crippen molar-refractivity contribution in [2.75, 3.05) is 6.54 Å². The molecule has 1 fully saturated rings. The highest BCUT2D eigenvalue weighted by molar-refractivity contribution is 5.94. The van der Waals surface area contributed by atoms with Gasteiger partial charge in [-0.15, -0.1) is 0 Å². The van der Waals surface area contributed by atoms with Crippen LogP contribution in [-0.4, -0.2) is 59.2 Å². The maximum Gasteiger partial charge on any atom is 0.243 e. The van der Waals surface area contributed by atoms with E-state index >= 15 is 0 Å². The van der Waals surface area contributed by atoms with E-state index in [9.17, 15) is 19.2 Å². The second kappa shape index (κ2) is 8.80. The molecule has 0 spiro atoms. The molecule has 0 aromatic heterocycles. The van der Waals surface area contributed by atoms with Crippen LogP contribution in [0.3, 0.4) is 0 Å². The van der Waals surface area contributed by atoms with Crippen LogP contribution in [0.2, 0.25) is 0 Å². The summed E-state index contributed by atoms with van der Waals surface area (Å²) in [7, 11) is 0. The smallest absolute Gasteiger partial charge is 0.243 e. The first-order valence-electron chi connectivity index (χ1n) is 8.52. The average molecular weight is 355 g/mol. The minimum absolute atomic E-state index is 0.0307. The quantitative estimate of drug-likeness (QED) is 0.437. The van der Waals surface area contributed by atoms with Gasteiger partial charge < -0.3 is 27.0 Å².